The molecular weight excluding hydrogens is 148 g/mol. The second-order valence-corrected chi connectivity index (χ2v) is 3.10. The van der Waals surface area contributed by atoms with Crippen molar-refractivity contribution in [3.05, 3.63) is 0 Å². The molecule has 1 N–H and O–H groups in total. The average Bonchev–Trinajstić information content (AvgIpc) is 1.97. The van der Waals surface area contributed by atoms with Crippen LogP contribution in [-0.4, -0.2) is 11.0 Å². The van der Waals surface area contributed by atoms with Crippen molar-refractivity contribution < 1.29 is 9.59 Å². The highest BCUT2D eigenvalue weighted by molar-refractivity contribution is 7.94. The molecule has 0 heterocycles. The van der Waals surface area contributed by atoms with Crippen LogP contribution in [0.5, 0.6) is 0 Å². The van der Waals surface area contributed by atoms with Gasteiger partial charge in [0.2, 0.25) is 0 Å². The van der Waals surface area contributed by atoms with Crippen LogP contribution in [0.15, 0.2) is 0 Å². The van der Waals surface area contributed by atoms with Crippen LogP contribution in [0, 0.1) is 0 Å². The second-order valence-electron chi connectivity index (χ2n) is 2.31. The zero-order valence-corrected chi connectivity index (χ0v) is 7.32. The van der Waals surface area contributed by atoms with Crippen LogP contribution in [0.25, 0.3) is 0 Å². The summed E-state index contributed by atoms with van der Waals surface area (Å²) in [6.07, 6.45) is 6.31. The van der Waals surface area contributed by atoms with E-state index in [4.69, 9.17) is 5.26 Å². The van der Waals surface area contributed by atoms with Gasteiger partial charge in [-0.1, -0.05) is 32.6 Å². The molecule has 0 rings (SSSR count). The molecule has 0 unspecified atom stereocenters. The van der Waals surface area contributed by atoms with Gasteiger partial charge in [-0.05, 0) is 6.42 Å². The van der Waals surface area contributed by atoms with Crippen LogP contribution < -0.4 is 0 Å². The van der Waals surface area contributed by atoms with E-state index in [-0.39, 0.29) is 0 Å². The topological polar surface area (TPSA) is 29.5 Å². The summed E-state index contributed by atoms with van der Waals surface area (Å²) in [6.45, 7) is 2.20. The second kappa shape index (κ2) is 9.27. The first kappa shape index (κ1) is 10.3. The minimum atomic E-state index is 0.903. The third kappa shape index (κ3) is 8.27. The number of hydrogen-bond donors (Lipinski definition) is 1. The lowest BCUT2D eigenvalue weighted by molar-refractivity contribution is -0.116. The fourth-order valence-electron chi connectivity index (χ4n) is 0.802. The lowest BCUT2D eigenvalue weighted by Gasteiger charge is -1.96. The van der Waals surface area contributed by atoms with Crippen molar-refractivity contribution in [3.63, 3.8) is 0 Å². The molecule has 3 heteroatoms. The van der Waals surface area contributed by atoms with Crippen LogP contribution in [0.2, 0.25) is 0 Å². The Bertz CT molecular complexity index is 51.6. The Balaban J connectivity index is 2.65. The molecule has 0 aromatic carbocycles. The number of unbranched alkanes of at least 4 members (excludes halogenated alkanes) is 4. The SMILES string of the molecule is CCCCCCCSOO. The lowest BCUT2D eigenvalue weighted by atomic mass is 10.2. The summed E-state index contributed by atoms with van der Waals surface area (Å²) in [5.41, 5.74) is 0. The molecular formula is C7H16O2S. The predicted octanol–water partition coefficient (Wildman–Crippen LogP) is 3.09. The standard InChI is InChI=1S/C7H16O2S/c1-2-3-4-5-6-7-10-9-8/h8H,2-7H2,1H3. The first-order chi connectivity index (χ1) is 4.91. The van der Waals surface area contributed by atoms with Gasteiger partial charge in [-0.3, -0.25) is 0 Å². The van der Waals surface area contributed by atoms with Crippen LogP contribution in [-0.2, 0) is 4.33 Å². The van der Waals surface area contributed by atoms with Crippen LogP contribution in [0.4, 0.5) is 0 Å². The summed E-state index contributed by atoms with van der Waals surface area (Å²) in [7, 11) is 0. The van der Waals surface area contributed by atoms with Gasteiger partial charge in [-0.25, -0.2) is 5.26 Å². The van der Waals surface area contributed by atoms with Gasteiger partial charge < -0.3 is 0 Å². The normalized spacial score (nSPS) is 10.2. The molecule has 0 saturated heterocycles. The molecule has 0 aromatic rings. The molecule has 0 spiro atoms. The highest BCUT2D eigenvalue weighted by Gasteiger charge is 1.89. The van der Waals surface area contributed by atoms with E-state index in [1.165, 1.54) is 25.7 Å². The quantitative estimate of drug-likeness (QED) is 0.271. The maximum atomic E-state index is 7.93. The Hall–Kier alpha value is 0.270. The molecule has 0 aliphatic carbocycles. The van der Waals surface area contributed by atoms with Gasteiger partial charge in [-0.2, -0.15) is 4.33 Å². The molecule has 0 saturated carbocycles. The fourth-order valence-corrected chi connectivity index (χ4v) is 1.20. The van der Waals surface area contributed by atoms with Crippen molar-refractivity contribution in [1.82, 2.24) is 0 Å². The largest absolute Gasteiger partial charge is 0.239 e. The fraction of sp³-hybridized carbons (Fsp3) is 1.00. The van der Waals surface area contributed by atoms with E-state index < -0.39 is 0 Å². The summed E-state index contributed by atoms with van der Waals surface area (Å²) in [5.74, 6) is 0.903. The monoisotopic (exact) mass is 164 g/mol. The van der Waals surface area contributed by atoms with Crippen molar-refractivity contribution in [2.75, 3.05) is 5.75 Å². The Labute approximate surface area is 67.1 Å². The van der Waals surface area contributed by atoms with E-state index >= 15 is 0 Å². The zero-order valence-electron chi connectivity index (χ0n) is 6.51. The Kier molecular flexibility index (Phi) is 9.52. The molecule has 0 aliphatic heterocycles. The van der Waals surface area contributed by atoms with Crippen LogP contribution in [0.3, 0.4) is 0 Å². The first-order valence-corrected chi connectivity index (χ1v) is 4.76. The molecule has 0 aromatic heterocycles. The Morgan fingerprint density at radius 2 is 1.90 bits per heavy atom. The van der Waals surface area contributed by atoms with Gasteiger partial charge >= 0.3 is 0 Å². The predicted molar refractivity (Wildman–Crippen MR) is 44.9 cm³/mol. The van der Waals surface area contributed by atoms with Crippen molar-refractivity contribution in [2.24, 2.45) is 0 Å². The van der Waals surface area contributed by atoms with Crippen molar-refractivity contribution >= 4 is 12.0 Å². The molecule has 10 heavy (non-hydrogen) atoms. The van der Waals surface area contributed by atoms with Gasteiger partial charge in [0, 0.05) is 17.8 Å². The third-order valence-electron chi connectivity index (χ3n) is 1.38. The summed E-state index contributed by atoms with van der Waals surface area (Å²) >= 11 is 1.12. The summed E-state index contributed by atoms with van der Waals surface area (Å²) in [5, 5.41) is 7.93. The summed E-state index contributed by atoms with van der Waals surface area (Å²) in [4.78, 5) is 0. The molecule has 0 radical (unpaired) electrons. The van der Waals surface area contributed by atoms with E-state index in [1.54, 1.807) is 0 Å². The van der Waals surface area contributed by atoms with E-state index in [1.807, 2.05) is 0 Å². The Morgan fingerprint density at radius 3 is 2.50 bits per heavy atom. The highest BCUT2D eigenvalue weighted by Crippen LogP contribution is 2.07. The minimum absolute atomic E-state index is 0.903. The van der Waals surface area contributed by atoms with E-state index in [9.17, 15) is 0 Å². The van der Waals surface area contributed by atoms with Gasteiger partial charge in [0.15, 0.2) is 0 Å². The van der Waals surface area contributed by atoms with Crippen LogP contribution in [0.1, 0.15) is 39.0 Å². The van der Waals surface area contributed by atoms with Crippen molar-refractivity contribution in [3.8, 4) is 0 Å². The molecule has 62 valence electrons. The van der Waals surface area contributed by atoms with Gasteiger partial charge in [-0.15, -0.1) is 0 Å². The molecule has 0 amide bonds. The smallest absolute Gasteiger partial charge is 0.0311 e. The summed E-state index contributed by atoms with van der Waals surface area (Å²) in [6, 6.07) is 0. The lowest BCUT2D eigenvalue weighted by Crippen LogP contribution is -1.81. The molecule has 2 nitrogen and oxygen atoms in total. The molecule has 0 aliphatic rings. The van der Waals surface area contributed by atoms with E-state index in [2.05, 4.69) is 11.3 Å². The van der Waals surface area contributed by atoms with Crippen molar-refractivity contribution in [2.45, 2.75) is 39.0 Å². The number of hydrogen-bond acceptors (Lipinski definition) is 3. The summed E-state index contributed by atoms with van der Waals surface area (Å²) < 4.78 is 3.87. The number of rotatable bonds is 7. The van der Waals surface area contributed by atoms with Gasteiger partial charge in [0.25, 0.3) is 0 Å². The van der Waals surface area contributed by atoms with Gasteiger partial charge in [0.1, 0.15) is 0 Å². The molecule has 0 bridgehead atoms. The van der Waals surface area contributed by atoms with E-state index in [0.717, 1.165) is 24.2 Å². The first-order valence-electron chi connectivity index (χ1n) is 3.85. The highest BCUT2D eigenvalue weighted by atomic mass is 32.2. The third-order valence-corrected chi connectivity index (χ3v) is 1.94. The van der Waals surface area contributed by atoms with E-state index in [0.29, 0.717) is 0 Å². The maximum absolute atomic E-state index is 7.93. The minimum Gasteiger partial charge on any atom is -0.239 e. The van der Waals surface area contributed by atoms with Gasteiger partial charge in [0.05, 0.1) is 0 Å². The Morgan fingerprint density at radius 1 is 1.20 bits per heavy atom. The molecule has 0 fully saturated rings. The van der Waals surface area contributed by atoms with Crippen molar-refractivity contribution in [1.29, 1.82) is 0 Å². The average molecular weight is 164 g/mol. The molecule has 0 atom stereocenters. The zero-order chi connectivity index (χ0) is 7.66. The maximum Gasteiger partial charge on any atom is 0.0311 e. The van der Waals surface area contributed by atoms with Crippen LogP contribution >= 0.6 is 12.0 Å².